The first-order valence-electron chi connectivity index (χ1n) is 7.32. The summed E-state index contributed by atoms with van der Waals surface area (Å²) in [4.78, 5) is 16.3. The zero-order valence-corrected chi connectivity index (χ0v) is 13.3. The number of aryl methyl sites for hydroxylation is 2. The third-order valence-corrected chi connectivity index (χ3v) is 3.42. The van der Waals surface area contributed by atoms with Crippen molar-refractivity contribution in [3.05, 3.63) is 58.9 Å². The van der Waals surface area contributed by atoms with E-state index in [0.29, 0.717) is 16.8 Å². The number of aliphatic hydroxyl groups excluding tert-OH is 1. The molecule has 1 aromatic heterocycles. The summed E-state index contributed by atoms with van der Waals surface area (Å²) in [6.07, 6.45) is -0.965. The summed E-state index contributed by atoms with van der Waals surface area (Å²) in [5.74, 6) is -0.331. The summed E-state index contributed by atoms with van der Waals surface area (Å²) >= 11 is 0. The molecule has 0 saturated heterocycles. The van der Waals surface area contributed by atoms with Crippen LogP contribution in [0.5, 0.6) is 5.75 Å². The number of halogens is 2. The Morgan fingerprint density at radius 2 is 1.88 bits per heavy atom. The molecule has 1 aromatic carbocycles. The minimum atomic E-state index is -2.90. The van der Waals surface area contributed by atoms with Gasteiger partial charge in [-0.3, -0.25) is 9.78 Å². The summed E-state index contributed by atoms with van der Waals surface area (Å²) < 4.78 is 28.4. The van der Waals surface area contributed by atoms with E-state index in [1.165, 1.54) is 24.3 Å². The number of benzene rings is 1. The van der Waals surface area contributed by atoms with E-state index >= 15 is 0 Å². The minimum Gasteiger partial charge on any atom is -0.435 e. The lowest BCUT2D eigenvalue weighted by molar-refractivity contribution is -0.0498. The van der Waals surface area contributed by atoms with Gasteiger partial charge in [0.2, 0.25) is 0 Å². The van der Waals surface area contributed by atoms with Crippen molar-refractivity contribution in [2.75, 3.05) is 6.54 Å². The predicted octanol–water partition coefficient (Wildman–Crippen LogP) is 2.76. The molecule has 0 saturated carbocycles. The second-order valence-electron chi connectivity index (χ2n) is 5.26. The first kappa shape index (κ1) is 17.8. The fourth-order valence-corrected chi connectivity index (χ4v) is 2.20. The number of aliphatic hydroxyl groups is 1. The number of carbonyl (C=O) groups excluding carboxylic acids is 1. The smallest absolute Gasteiger partial charge is 0.387 e. The van der Waals surface area contributed by atoms with Crippen LogP contribution in [0.2, 0.25) is 0 Å². The second kappa shape index (κ2) is 7.83. The zero-order chi connectivity index (χ0) is 17.7. The largest absolute Gasteiger partial charge is 0.435 e. The van der Waals surface area contributed by atoms with Crippen LogP contribution < -0.4 is 10.1 Å². The maximum absolute atomic E-state index is 12.1. The fraction of sp³-hybridized carbons (Fsp3) is 0.294. The molecule has 5 nitrogen and oxygen atoms in total. The highest BCUT2D eigenvalue weighted by Gasteiger charge is 2.14. The van der Waals surface area contributed by atoms with E-state index in [-0.39, 0.29) is 18.2 Å². The number of aromatic nitrogens is 1. The van der Waals surface area contributed by atoms with Gasteiger partial charge in [0.1, 0.15) is 5.75 Å². The average Bonchev–Trinajstić information content (AvgIpc) is 2.52. The molecule has 0 aliphatic rings. The van der Waals surface area contributed by atoms with Crippen LogP contribution in [0.1, 0.15) is 33.4 Å². The number of nitrogens with one attached hydrogen (secondary N) is 1. The van der Waals surface area contributed by atoms with Gasteiger partial charge in [-0.1, -0.05) is 12.1 Å². The quantitative estimate of drug-likeness (QED) is 0.851. The highest BCUT2D eigenvalue weighted by Crippen LogP contribution is 2.19. The van der Waals surface area contributed by atoms with E-state index in [1.807, 2.05) is 6.92 Å². The summed E-state index contributed by atoms with van der Waals surface area (Å²) in [7, 11) is 0. The number of nitrogens with zero attached hydrogens (tertiary/aromatic N) is 1. The molecule has 1 atom stereocenters. The first-order chi connectivity index (χ1) is 11.4. The Morgan fingerprint density at radius 3 is 2.46 bits per heavy atom. The molecule has 1 unspecified atom stereocenters. The summed E-state index contributed by atoms with van der Waals surface area (Å²) in [6.45, 7) is 0.660. The Bertz CT molecular complexity index is 705. The van der Waals surface area contributed by atoms with Crippen LogP contribution >= 0.6 is 0 Å². The van der Waals surface area contributed by atoms with E-state index in [1.54, 1.807) is 19.1 Å². The highest BCUT2D eigenvalue weighted by molar-refractivity contribution is 5.95. The van der Waals surface area contributed by atoms with Crippen LogP contribution in [0.3, 0.4) is 0 Å². The van der Waals surface area contributed by atoms with E-state index in [0.717, 1.165) is 5.69 Å². The van der Waals surface area contributed by atoms with Crippen molar-refractivity contribution in [1.82, 2.24) is 10.3 Å². The second-order valence-corrected chi connectivity index (χ2v) is 5.26. The monoisotopic (exact) mass is 336 g/mol. The molecule has 0 fully saturated rings. The van der Waals surface area contributed by atoms with E-state index in [4.69, 9.17) is 0 Å². The Morgan fingerprint density at radius 1 is 1.21 bits per heavy atom. The number of ether oxygens (including phenoxy) is 1. The van der Waals surface area contributed by atoms with Crippen molar-refractivity contribution in [3.63, 3.8) is 0 Å². The topological polar surface area (TPSA) is 71.5 Å². The van der Waals surface area contributed by atoms with Crippen LogP contribution in [0, 0.1) is 13.8 Å². The van der Waals surface area contributed by atoms with Gasteiger partial charge in [-0.15, -0.1) is 0 Å². The molecule has 7 heteroatoms. The van der Waals surface area contributed by atoms with Gasteiger partial charge in [-0.2, -0.15) is 8.78 Å². The van der Waals surface area contributed by atoms with Gasteiger partial charge >= 0.3 is 6.61 Å². The van der Waals surface area contributed by atoms with Gasteiger partial charge in [-0.05, 0) is 43.7 Å². The molecular weight excluding hydrogens is 318 g/mol. The van der Waals surface area contributed by atoms with Crippen LogP contribution in [0.15, 0.2) is 36.4 Å². The number of pyridine rings is 1. The van der Waals surface area contributed by atoms with Crippen molar-refractivity contribution in [2.45, 2.75) is 26.6 Å². The summed E-state index contributed by atoms with van der Waals surface area (Å²) in [5.41, 5.74) is 2.34. The number of hydrogen-bond acceptors (Lipinski definition) is 4. The Balaban J connectivity index is 1.94. The lowest BCUT2D eigenvalue weighted by atomic mass is 10.1. The van der Waals surface area contributed by atoms with Crippen molar-refractivity contribution >= 4 is 5.91 Å². The van der Waals surface area contributed by atoms with Crippen LogP contribution in [0.4, 0.5) is 8.78 Å². The third-order valence-electron chi connectivity index (χ3n) is 3.42. The normalized spacial score (nSPS) is 12.1. The van der Waals surface area contributed by atoms with Crippen LogP contribution in [-0.2, 0) is 0 Å². The van der Waals surface area contributed by atoms with Gasteiger partial charge < -0.3 is 15.2 Å². The average molecular weight is 336 g/mol. The Hall–Kier alpha value is -2.54. The number of alkyl halides is 2. The number of hydrogen-bond donors (Lipinski definition) is 2. The molecule has 0 bridgehead atoms. The first-order valence-corrected chi connectivity index (χ1v) is 7.32. The molecule has 0 aliphatic heterocycles. The maximum atomic E-state index is 12.1. The molecule has 0 radical (unpaired) electrons. The molecule has 0 aliphatic carbocycles. The molecule has 2 N–H and O–H groups in total. The Kier molecular flexibility index (Phi) is 5.81. The summed E-state index contributed by atoms with van der Waals surface area (Å²) in [6, 6.07) is 9.01. The van der Waals surface area contributed by atoms with Gasteiger partial charge in [0, 0.05) is 12.2 Å². The van der Waals surface area contributed by atoms with Gasteiger partial charge in [0.15, 0.2) is 0 Å². The van der Waals surface area contributed by atoms with Gasteiger partial charge in [-0.25, -0.2) is 0 Å². The third kappa shape index (κ3) is 4.73. The molecule has 2 rings (SSSR count). The Labute approximate surface area is 138 Å². The molecule has 0 spiro atoms. The van der Waals surface area contributed by atoms with Crippen LogP contribution in [0.25, 0.3) is 0 Å². The van der Waals surface area contributed by atoms with Crippen molar-refractivity contribution in [1.29, 1.82) is 0 Å². The van der Waals surface area contributed by atoms with Gasteiger partial charge in [0.05, 0.1) is 17.4 Å². The van der Waals surface area contributed by atoms with Crippen molar-refractivity contribution < 1.29 is 23.4 Å². The van der Waals surface area contributed by atoms with E-state index in [9.17, 15) is 18.7 Å². The SMILES string of the molecule is Cc1ccc(C(=O)NCC(O)c2ccc(OC(F)F)cc2)c(C)n1. The predicted molar refractivity (Wildman–Crippen MR) is 84.1 cm³/mol. The highest BCUT2D eigenvalue weighted by atomic mass is 19.3. The molecular formula is C17H18F2N2O3. The molecule has 2 aromatic rings. The number of carbonyl (C=O) groups is 1. The molecule has 1 amide bonds. The lowest BCUT2D eigenvalue weighted by Crippen LogP contribution is -2.29. The number of rotatable bonds is 6. The zero-order valence-electron chi connectivity index (χ0n) is 13.3. The molecule has 1 heterocycles. The van der Waals surface area contributed by atoms with Crippen LogP contribution in [-0.4, -0.2) is 29.2 Å². The maximum Gasteiger partial charge on any atom is 0.387 e. The molecule has 24 heavy (non-hydrogen) atoms. The van der Waals surface area contributed by atoms with E-state index in [2.05, 4.69) is 15.0 Å². The lowest BCUT2D eigenvalue weighted by Gasteiger charge is -2.14. The van der Waals surface area contributed by atoms with E-state index < -0.39 is 12.7 Å². The van der Waals surface area contributed by atoms with Crippen molar-refractivity contribution in [2.24, 2.45) is 0 Å². The van der Waals surface area contributed by atoms with Crippen molar-refractivity contribution in [3.8, 4) is 5.75 Å². The summed E-state index contributed by atoms with van der Waals surface area (Å²) in [5, 5.41) is 12.7. The van der Waals surface area contributed by atoms with Gasteiger partial charge in [0.25, 0.3) is 5.91 Å². The standard InChI is InChI=1S/C17H18F2N2O3/c1-10-3-8-14(11(2)21-10)16(23)20-9-15(22)12-4-6-13(7-5-12)24-17(18)19/h3-8,15,17,22H,9H2,1-2H3,(H,20,23). The molecule has 128 valence electrons. The number of amides is 1. The minimum absolute atomic E-state index is 0.00587. The fourth-order valence-electron chi connectivity index (χ4n) is 2.20.